The molecule has 1 aromatic carbocycles. The highest BCUT2D eigenvalue weighted by molar-refractivity contribution is 6.06. The van der Waals surface area contributed by atoms with E-state index in [0.717, 1.165) is 6.20 Å². The first kappa shape index (κ1) is 29.1. The third kappa shape index (κ3) is 5.83. The van der Waals surface area contributed by atoms with Gasteiger partial charge in [-0.2, -0.15) is 18.4 Å². The summed E-state index contributed by atoms with van der Waals surface area (Å²) in [5.74, 6) is -0.564. The Morgan fingerprint density at radius 3 is 2.50 bits per heavy atom. The number of pyridine rings is 1. The largest absolute Gasteiger partial charge is 0.419 e. The third-order valence-electron chi connectivity index (χ3n) is 8.26. The summed E-state index contributed by atoms with van der Waals surface area (Å²) >= 11 is 0. The van der Waals surface area contributed by atoms with E-state index < -0.39 is 23.3 Å². The highest BCUT2D eigenvalue weighted by Gasteiger charge is 2.40. The van der Waals surface area contributed by atoms with E-state index in [4.69, 9.17) is 5.26 Å². The Bertz CT molecular complexity index is 1480. The average molecular weight is 556 g/mol. The number of likely N-dealkylation sites (tertiary alicyclic amines) is 1. The molecule has 0 unspecified atom stereocenters. The maximum Gasteiger partial charge on any atom is 0.419 e. The van der Waals surface area contributed by atoms with Crippen molar-refractivity contribution in [3.8, 4) is 6.07 Å². The second kappa shape index (κ2) is 11.0. The van der Waals surface area contributed by atoms with Gasteiger partial charge in [-0.05, 0) is 53.9 Å². The van der Waals surface area contributed by atoms with E-state index >= 15 is 0 Å². The van der Waals surface area contributed by atoms with Crippen molar-refractivity contribution in [1.82, 2.24) is 14.5 Å². The molecule has 3 aromatic rings. The van der Waals surface area contributed by atoms with Gasteiger partial charge in [0.25, 0.3) is 5.91 Å². The molecule has 1 aliphatic rings. The van der Waals surface area contributed by atoms with Gasteiger partial charge in [0.05, 0.1) is 29.1 Å². The number of benzene rings is 1. The number of nitriles is 1. The van der Waals surface area contributed by atoms with E-state index in [-0.39, 0.29) is 40.8 Å². The number of aryl methyl sites for hydroxylation is 1. The first-order valence-corrected chi connectivity index (χ1v) is 13.4. The molecule has 0 radical (unpaired) electrons. The van der Waals surface area contributed by atoms with Crippen LogP contribution in [0.3, 0.4) is 0 Å². The fourth-order valence-electron chi connectivity index (χ4n) is 5.15. The van der Waals surface area contributed by atoms with Crippen LogP contribution in [0, 0.1) is 22.7 Å². The van der Waals surface area contributed by atoms with Crippen LogP contribution in [-0.4, -0.2) is 39.4 Å². The Labute approximate surface area is 233 Å². The summed E-state index contributed by atoms with van der Waals surface area (Å²) in [5, 5.41) is 11.5. The second-order valence-corrected chi connectivity index (χ2v) is 11.6. The number of halogens is 3. The Morgan fingerprint density at radius 1 is 1.23 bits per heavy atom. The van der Waals surface area contributed by atoms with Crippen LogP contribution < -0.4 is 5.32 Å². The Hall–Kier alpha value is -3.87. The molecule has 0 saturated carbocycles. The van der Waals surface area contributed by atoms with Crippen molar-refractivity contribution in [1.29, 1.82) is 5.26 Å². The SMILES string of the molecule is CC(C)C(C)(C)CC(=O)N1CCC(c2cn(C)c3ncc(NC(=O)c4cccc(C#N)c4)c(C(F)(F)F)c23)CC1.[HH]. The molecule has 40 heavy (non-hydrogen) atoms. The normalized spacial score (nSPS) is 14.9. The smallest absolute Gasteiger partial charge is 0.343 e. The fraction of sp³-hybridized carbons (Fsp3) is 0.467. The predicted molar refractivity (Wildman–Crippen MR) is 149 cm³/mol. The third-order valence-corrected chi connectivity index (χ3v) is 8.26. The van der Waals surface area contributed by atoms with E-state index in [9.17, 15) is 22.8 Å². The van der Waals surface area contributed by atoms with Crippen molar-refractivity contribution < 1.29 is 24.2 Å². The molecule has 2 amide bonds. The number of anilines is 1. The standard InChI is InChI=1S/C30H34F3N5O2.H2/c1-18(2)29(3,4)14-24(39)38-11-9-20(10-12-38)22-17-37(5)27-25(22)26(30(31,32)33)23(16-35-27)36-28(40)21-8-6-7-19(13-21)15-34;/h6-8,13,16-18,20H,9-12,14H2,1-5H3,(H,36,40);1H. The van der Waals surface area contributed by atoms with Crippen molar-refractivity contribution in [3.05, 3.63) is 58.9 Å². The van der Waals surface area contributed by atoms with E-state index in [1.807, 2.05) is 11.0 Å². The number of carbonyl (C=O) groups is 2. The number of amides is 2. The van der Waals surface area contributed by atoms with Crippen LogP contribution in [-0.2, 0) is 18.0 Å². The molecular formula is C30H36F3N5O2. The van der Waals surface area contributed by atoms with Crippen LogP contribution in [0.2, 0.25) is 0 Å². The summed E-state index contributed by atoms with van der Waals surface area (Å²) in [6.07, 6.45) is -0.583. The molecule has 10 heteroatoms. The minimum atomic E-state index is -4.77. The van der Waals surface area contributed by atoms with Crippen molar-refractivity contribution >= 4 is 28.5 Å². The molecule has 4 rings (SSSR count). The van der Waals surface area contributed by atoms with Crippen LogP contribution in [0.1, 0.15) is 81.4 Å². The van der Waals surface area contributed by atoms with E-state index in [2.05, 4.69) is 38.0 Å². The Morgan fingerprint density at radius 2 is 1.90 bits per heavy atom. The van der Waals surface area contributed by atoms with Gasteiger partial charge in [0.1, 0.15) is 5.65 Å². The molecule has 1 N–H and O–H groups in total. The summed E-state index contributed by atoms with van der Waals surface area (Å²) in [7, 11) is 1.65. The topological polar surface area (TPSA) is 91.0 Å². The van der Waals surface area contributed by atoms with E-state index in [1.54, 1.807) is 17.8 Å². The maximum atomic E-state index is 14.6. The van der Waals surface area contributed by atoms with Crippen LogP contribution >= 0.6 is 0 Å². The van der Waals surface area contributed by atoms with Gasteiger partial charge in [-0.1, -0.05) is 33.8 Å². The number of fused-ring (bicyclic) bond motifs is 1. The number of alkyl halides is 3. The zero-order chi connectivity index (χ0) is 29.4. The molecule has 1 saturated heterocycles. The zero-order valence-electron chi connectivity index (χ0n) is 23.4. The minimum Gasteiger partial charge on any atom is -0.343 e. The lowest BCUT2D eigenvalue weighted by molar-refractivity contribution is -0.136. The molecule has 1 aliphatic heterocycles. The molecule has 7 nitrogen and oxygen atoms in total. The predicted octanol–water partition coefficient (Wildman–Crippen LogP) is 6.74. The monoisotopic (exact) mass is 555 g/mol. The molecule has 1 fully saturated rings. The average Bonchev–Trinajstić information content (AvgIpc) is 3.23. The summed E-state index contributed by atoms with van der Waals surface area (Å²) in [6, 6.07) is 7.67. The molecule has 0 bridgehead atoms. The minimum absolute atomic E-state index is 0. The van der Waals surface area contributed by atoms with Crippen LogP contribution in [0.4, 0.5) is 18.9 Å². The van der Waals surface area contributed by atoms with Gasteiger partial charge in [-0.3, -0.25) is 9.59 Å². The van der Waals surface area contributed by atoms with Gasteiger partial charge in [0, 0.05) is 45.1 Å². The molecule has 0 spiro atoms. The van der Waals surface area contributed by atoms with E-state index in [1.165, 1.54) is 24.3 Å². The maximum absolute atomic E-state index is 14.6. The molecular weight excluding hydrogens is 519 g/mol. The summed E-state index contributed by atoms with van der Waals surface area (Å²) in [4.78, 5) is 31.9. The van der Waals surface area contributed by atoms with Crippen LogP contribution in [0.25, 0.3) is 11.0 Å². The lowest BCUT2D eigenvalue weighted by atomic mass is 9.78. The van der Waals surface area contributed by atoms with E-state index in [0.29, 0.717) is 43.8 Å². The van der Waals surface area contributed by atoms with Crippen molar-refractivity contribution in [2.75, 3.05) is 18.4 Å². The van der Waals surface area contributed by atoms with Gasteiger partial charge < -0.3 is 14.8 Å². The quantitative estimate of drug-likeness (QED) is 0.365. The van der Waals surface area contributed by atoms with Crippen LogP contribution in [0.5, 0.6) is 0 Å². The van der Waals surface area contributed by atoms with Crippen molar-refractivity contribution in [2.45, 2.75) is 59.1 Å². The first-order valence-electron chi connectivity index (χ1n) is 13.4. The number of hydrogen-bond donors (Lipinski definition) is 1. The number of aromatic nitrogens is 2. The number of carbonyl (C=O) groups excluding carboxylic acids is 2. The Balaban J connectivity index is 0.00000462. The van der Waals surface area contributed by atoms with Gasteiger partial charge in [0.2, 0.25) is 5.91 Å². The van der Waals surface area contributed by atoms with Crippen LogP contribution in [0.15, 0.2) is 36.7 Å². The van der Waals surface area contributed by atoms with Gasteiger partial charge in [-0.25, -0.2) is 4.98 Å². The summed E-state index contributed by atoms with van der Waals surface area (Å²) < 4.78 is 45.4. The Kier molecular flexibility index (Phi) is 7.97. The number of nitrogens with one attached hydrogen (secondary N) is 1. The lowest BCUT2D eigenvalue weighted by Gasteiger charge is -2.36. The van der Waals surface area contributed by atoms with Gasteiger partial charge >= 0.3 is 6.18 Å². The van der Waals surface area contributed by atoms with Gasteiger partial charge in [-0.15, -0.1) is 0 Å². The number of nitrogens with zero attached hydrogens (tertiary/aromatic N) is 4. The highest BCUT2D eigenvalue weighted by atomic mass is 19.4. The molecule has 0 aliphatic carbocycles. The fourth-order valence-corrected chi connectivity index (χ4v) is 5.15. The summed E-state index contributed by atoms with van der Waals surface area (Å²) in [6.45, 7) is 9.25. The van der Waals surface area contributed by atoms with Gasteiger partial charge in [0.15, 0.2) is 0 Å². The molecule has 214 valence electrons. The van der Waals surface area contributed by atoms with Crippen molar-refractivity contribution in [3.63, 3.8) is 0 Å². The zero-order valence-corrected chi connectivity index (χ0v) is 23.4. The number of rotatable bonds is 6. The summed E-state index contributed by atoms with van der Waals surface area (Å²) in [5.41, 5.74) is -0.566. The molecule has 0 atom stereocenters. The number of hydrogen-bond acceptors (Lipinski definition) is 4. The second-order valence-electron chi connectivity index (χ2n) is 11.6. The first-order chi connectivity index (χ1) is 18.7. The molecule has 3 heterocycles. The molecule has 2 aromatic heterocycles. The lowest BCUT2D eigenvalue weighted by Crippen LogP contribution is -2.40. The highest BCUT2D eigenvalue weighted by Crippen LogP contribution is 2.44. The van der Waals surface area contributed by atoms with Crippen molar-refractivity contribution in [2.24, 2.45) is 18.4 Å². The number of piperidine rings is 1.